The fourth-order valence-electron chi connectivity index (χ4n) is 2.79. The van der Waals surface area contributed by atoms with Gasteiger partial charge in [0.15, 0.2) is 0 Å². The fraction of sp³-hybridized carbons (Fsp3) is 0.529. The molecule has 0 saturated heterocycles. The Labute approximate surface area is 130 Å². The molecule has 0 spiro atoms. The van der Waals surface area contributed by atoms with Crippen LogP contribution in [0.4, 0.5) is 0 Å². The molecule has 0 N–H and O–H groups in total. The van der Waals surface area contributed by atoms with Crippen LogP contribution >= 0.6 is 0 Å². The van der Waals surface area contributed by atoms with Gasteiger partial charge in [0.1, 0.15) is 17.6 Å². The Morgan fingerprint density at radius 2 is 1.77 bits per heavy atom. The minimum atomic E-state index is -0.323. The number of rotatable bonds is 4. The van der Waals surface area contributed by atoms with Crippen LogP contribution in [0.25, 0.3) is 0 Å². The molecule has 1 unspecified atom stereocenters. The van der Waals surface area contributed by atoms with Gasteiger partial charge >= 0.3 is 11.9 Å². The Balaban J connectivity index is 2.22. The minimum absolute atomic E-state index is 0.0151. The third-order valence-corrected chi connectivity index (χ3v) is 4.02. The molecule has 1 aliphatic heterocycles. The van der Waals surface area contributed by atoms with E-state index in [1.54, 1.807) is 0 Å². The van der Waals surface area contributed by atoms with Crippen molar-refractivity contribution in [3.63, 3.8) is 0 Å². The summed E-state index contributed by atoms with van der Waals surface area (Å²) in [5, 5.41) is 0. The monoisotopic (exact) mass is 306 g/mol. The maximum Gasteiger partial charge on any atom is 0.308 e. The van der Waals surface area contributed by atoms with E-state index >= 15 is 0 Å². The number of hydrogen-bond acceptors (Lipinski definition) is 5. The number of esters is 2. The highest BCUT2D eigenvalue weighted by Crippen LogP contribution is 2.42. The predicted molar refractivity (Wildman–Crippen MR) is 81.3 cm³/mol. The lowest BCUT2D eigenvalue weighted by Gasteiger charge is -2.16. The molecule has 0 bridgehead atoms. The van der Waals surface area contributed by atoms with Gasteiger partial charge in [-0.15, -0.1) is 0 Å². The highest BCUT2D eigenvalue weighted by Gasteiger charge is 2.30. The van der Waals surface area contributed by atoms with Crippen LogP contribution in [0.2, 0.25) is 0 Å². The van der Waals surface area contributed by atoms with E-state index in [0.717, 1.165) is 34.4 Å². The van der Waals surface area contributed by atoms with Crippen molar-refractivity contribution in [3.05, 3.63) is 22.3 Å². The quantitative estimate of drug-likeness (QED) is 0.632. The number of carbonyl (C=O) groups excluding carboxylic acids is 2. The number of hydrogen-bond donors (Lipinski definition) is 0. The lowest BCUT2D eigenvalue weighted by molar-refractivity contribution is -0.141. The molecule has 0 saturated carbocycles. The zero-order chi connectivity index (χ0) is 16.4. The number of benzene rings is 1. The van der Waals surface area contributed by atoms with Crippen molar-refractivity contribution in [1.82, 2.24) is 0 Å². The summed E-state index contributed by atoms with van der Waals surface area (Å²) in [6, 6.07) is 0. The molecule has 0 amide bonds. The van der Waals surface area contributed by atoms with E-state index in [4.69, 9.17) is 14.2 Å². The molecule has 1 aromatic rings. The molecular weight excluding hydrogens is 284 g/mol. The molecule has 5 nitrogen and oxygen atoms in total. The smallest absolute Gasteiger partial charge is 0.308 e. The minimum Gasteiger partial charge on any atom is -0.489 e. The van der Waals surface area contributed by atoms with Crippen LogP contribution in [0.1, 0.15) is 42.5 Å². The van der Waals surface area contributed by atoms with Crippen molar-refractivity contribution < 1.29 is 23.8 Å². The first-order valence-electron chi connectivity index (χ1n) is 7.42. The van der Waals surface area contributed by atoms with Crippen LogP contribution in [0.15, 0.2) is 0 Å². The summed E-state index contributed by atoms with van der Waals surface area (Å²) >= 11 is 0. The Kier molecular flexibility index (Phi) is 4.74. The Morgan fingerprint density at radius 1 is 1.09 bits per heavy atom. The van der Waals surface area contributed by atoms with Gasteiger partial charge in [0.25, 0.3) is 0 Å². The maximum atomic E-state index is 11.3. The van der Waals surface area contributed by atoms with Crippen molar-refractivity contribution in [3.8, 4) is 11.5 Å². The van der Waals surface area contributed by atoms with Gasteiger partial charge in [0.2, 0.25) is 0 Å². The van der Waals surface area contributed by atoms with Crippen LogP contribution in [0, 0.1) is 20.8 Å². The van der Waals surface area contributed by atoms with Gasteiger partial charge in [0, 0.05) is 32.3 Å². The van der Waals surface area contributed by atoms with Crippen molar-refractivity contribution in [1.29, 1.82) is 0 Å². The summed E-state index contributed by atoms with van der Waals surface area (Å²) in [4.78, 5) is 22.1. The van der Waals surface area contributed by atoms with Crippen LogP contribution in [-0.4, -0.2) is 24.6 Å². The van der Waals surface area contributed by atoms with E-state index in [1.807, 2.05) is 20.8 Å². The lowest BCUT2D eigenvalue weighted by Crippen LogP contribution is -2.17. The van der Waals surface area contributed by atoms with Gasteiger partial charge in [-0.3, -0.25) is 9.59 Å². The zero-order valence-electron chi connectivity index (χ0n) is 13.7. The van der Waals surface area contributed by atoms with E-state index in [0.29, 0.717) is 18.8 Å². The summed E-state index contributed by atoms with van der Waals surface area (Å²) in [6.07, 6.45) is 1.37. The van der Waals surface area contributed by atoms with Crippen molar-refractivity contribution in [2.24, 2.45) is 0 Å². The highest BCUT2D eigenvalue weighted by molar-refractivity contribution is 5.72. The Hall–Kier alpha value is -2.04. The second-order valence-electron chi connectivity index (χ2n) is 5.68. The molecule has 0 radical (unpaired) electrons. The van der Waals surface area contributed by atoms with Crippen LogP contribution < -0.4 is 9.47 Å². The first kappa shape index (κ1) is 16.3. The van der Waals surface area contributed by atoms with Crippen molar-refractivity contribution in [2.75, 3.05) is 6.61 Å². The van der Waals surface area contributed by atoms with Gasteiger partial charge in [-0.25, -0.2) is 0 Å². The summed E-state index contributed by atoms with van der Waals surface area (Å²) in [5.41, 5.74) is 3.94. The van der Waals surface area contributed by atoms with Crippen LogP contribution in [0.5, 0.6) is 11.5 Å². The van der Waals surface area contributed by atoms with E-state index < -0.39 is 0 Å². The number of fused-ring (bicyclic) bond motifs is 1. The second-order valence-corrected chi connectivity index (χ2v) is 5.68. The standard InChI is InChI=1S/C17H22O5/c1-9-10(2)17-15(11(3)16(9)21-13(5)19)8-14(22-17)6-7-20-12(4)18/h14H,6-8H2,1-5H3. The summed E-state index contributed by atoms with van der Waals surface area (Å²) in [5.74, 6) is 0.901. The molecule has 0 aliphatic carbocycles. The van der Waals surface area contributed by atoms with Crippen LogP contribution in [0.3, 0.4) is 0 Å². The molecule has 0 fully saturated rings. The maximum absolute atomic E-state index is 11.3. The fourth-order valence-corrected chi connectivity index (χ4v) is 2.79. The van der Waals surface area contributed by atoms with Gasteiger partial charge < -0.3 is 14.2 Å². The van der Waals surface area contributed by atoms with Crippen molar-refractivity contribution in [2.45, 2.75) is 53.6 Å². The lowest BCUT2D eigenvalue weighted by atomic mass is 9.95. The SMILES string of the molecule is CC(=O)OCCC1Cc2c(C)c(OC(C)=O)c(C)c(C)c2O1. The largest absolute Gasteiger partial charge is 0.489 e. The summed E-state index contributed by atoms with van der Waals surface area (Å²) < 4.78 is 16.4. The second kappa shape index (κ2) is 6.38. The topological polar surface area (TPSA) is 61.8 Å². The molecule has 1 heterocycles. The van der Waals surface area contributed by atoms with Crippen LogP contribution in [-0.2, 0) is 20.7 Å². The van der Waals surface area contributed by atoms with E-state index in [9.17, 15) is 9.59 Å². The van der Waals surface area contributed by atoms with E-state index in [2.05, 4.69) is 0 Å². The molecule has 5 heteroatoms. The summed E-state index contributed by atoms with van der Waals surface area (Å²) in [7, 11) is 0. The third-order valence-electron chi connectivity index (χ3n) is 4.02. The average Bonchev–Trinajstić information content (AvgIpc) is 2.85. The molecule has 2 rings (SSSR count). The number of carbonyl (C=O) groups is 2. The number of ether oxygens (including phenoxy) is 3. The third kappa shape index (κ3) is 3.24. The highest BCUT2D eigenvalue weighted by atomic mass is 16.5. The van der Waals surface area contributed by atoms with Crippen molar-refractivity contribution >= 4 is 11.9 Å². The van der Waals surface area contributed by atoms with Gasteiger partial charge in [-0.1, -0.05) is 0 Å². The first-order valence-corrected chi connectivity index (χ1v) is 7.42. The average molecular weight is 306 g/mol. The molecule has 22 heavy (non-hydrogen) atoms. The molecule has 120 valence electrons. The molecule has 1 aliphatic rings. The molecule has 0 aromatic heterocycles. The first-order chi connectivity index (χ1) is 10.3. The predicted octanol–water partition coefficient (Wildman–Crippen LogP) is 2.79. The van der Waals surface area contributed by atoms with E-state index in [-0.39, 0.29) is 18.0 Å². The van der Waals surface area contributed by atoms with Gasteiger partial charge in [-0.2, -0.15) is 0 Å². The Bertz CT molecular complexity index is 618. The molecule has 1 atom stereocenters. The molecule has 1 aromatic carbocycles. The summed E-state index contributed by atoms with van der Waals surface area (Å²) in [6.45, 7) is 8.99. The van der Waals surface area contributed by atoms with Gasteiger partial charge in [0.05, 0.1) is 6.61 Å². The Morgan fingerprint density at radius 3 is 2.36 bits per heavy atom. The normalized spacial score (nSPS) is 16.0. The van der Waals surface area contributed by atoms with Gasteiger partial charge in [-0.05, 0) is 37.5 Å². The van der Waals surface area contributed by atoms with E-state index in [1.165, 1.54) is 13.8 Å². The molecular formula is C17H22O5. The zero-order valence-corrected chi connectivity index (χ0v) is 13.7.